The summed E-state index contributed by atoms with van der Waals surface area (Å²) in [5.74, 6) is 0.351. The Balaban J connectivity index is 2.51. The van der Waals surface area contributed by atoms with E-state index in [1.54, 1.807) is 6.08 Å². The van der Waals surface area contributed by atoms with Gasteiger partial charge in [0.15, 0.2) is 0 Å². The summed E-state index contributed by atoms with van der Waals surface area (Å²) in [5, 5.41) is 5.93. The van der Waals surface area contributed by atoms with Crippen LogP contribution >= 0.6 is 0 Å². The molecular weight excluding hydrogens is 304 g/mol. The SMILES string of the molecule is CC(NC(=O)NC(C)(C)C)C1CCCN(C(=O)/C=C/CN(C)C)C1. The number of likely N-dealkylation sites (tertiary alicyclic amines) is 1. The van der Waals surface area contributed by atoms with Crippen LogP contribution in [0, 0.1) is 5.92 Å². The van der Waals surface area contributed by atoms with Gasteiger partial charge < -0.3 is 20.4 Å². The Morgan fingerprint density at radius 1 is 1.33 bits per heavy atom. The fourth-order valence-corrected chi connectivity index (χ4v) is 2.79. The first-order valence-electron chi connectivity index (χ1n) is 8.77. The summed E-state index contributed by atoms with van der Waals surface area (Å²) >= 11 is 0. The third-order valence-electron chi connectivity index (χ3n) is 4.05. The van der Waals surface area contributed by atoms with Crippen LogP contribution in [0.2, 0.25) is 0 Å². The lowest BCUT2D eigenvalue weighted by Crippen LogP contribution is -2.53. The van der Waals surface area contributed by atoms with E-state index in [0.29, 0.717) is 6.54 Å². The van der Waals surface area contributed by atoms with Crippen molar-refractivity contribution in [1.82, 2.24) is 20.4 Å². The number of likely N-dealkylation sites (N-methyl/N-ethyl adjacent to an activating group) is 1. The number of piperidine rings is 1. The second-order valence-electron chi connectivity index (χ2n) is 7.99. The van der Waals surface area contributed by atoms with Crippen molar-refractivity contribution in [3.63, 3.8) is 0 Å². The number of rotatable bonds is 5. The molecule has 0 saturated carbocycles. The van der Waals surface area contributed by atoms with Crippen LogP contribution in [0.15, 0.2) is 12.2 Å². The van der Waals surface area contributed by atoms with Gasteiger partial charge >= 0.3 is 6.03 Å². The summed E-state index contributed by atoms with van der Waals surface area (Å²) in [4.78, 5) is 28.2. The van der Waals surface area contributed by atoms with Crippen molar-refractivity contribution in [3.05, 3.63) is 12.2 Å². The molecule has 3 amide bonds. The third-order valence-corrected chi connectivity index (χ3v) is 4.05. The van der Waals surface area contributed by atoms with Crippen LogP contribution in [0.3, 0.4) is 0 Å². The van der Waals surface area contributed by atoms with Gasteiger partial charge in [-0.15, -0.1) is 0 Å². The first-order valence-corrected chi connectivity index (χ1v) is 8.77. The van der Waals surface area contributed by atoms with Crippen LogP contribution in [0.4, 0.5) is 4.79 Å². The van der Waals surface area contributed by atoms with Crippen molar-refractivity contribution in [2.45, 2.75) is 52.1 Å². The van der Waals surface area contributed by atoms with E-state index < -0.39 is 0 Å². The highest BCUT2D eigenvalue weighted by atomic mass is 16.2. The number of hydrogen-bond donors (Lipinski definition) is 2. The van der Waals surface area contributed by atoms with Crippen LogP contribution in [0.25, 0.3) is 0 Å². The molecule has 1 aliphatic heterocycles. The maximum atomic E-state index is 12.3. The van der Waals surface area contributed by atoms with Crippen LogP contribution in [-0.2, 0) is 4.79 Å². The molecule has 0 aromatic carbocycles. The minimum Gasteiger partial charge on any atom is -0.339 e. The van der Waals surface area contributed by atoms with Crippen molar-refractivity contribution >= 4 is 11.9 Å². The normalized spacial score (nSPS) is 20.3. The lowest BCUT2D eigenvalue weighted by Gasteiger charge is -2.36. The fraction of sp³-hybridized carbons (Fsp3) is 0.778. The predicted molar refractivity (Wildman–Crippen MR) is 97.9 cm³/mol. The summed E-state index contributed by atoms with van der Waals surface area (Å²) in [6.45, 7) is 10.1. The van der Waals surface area contributed by atoms with Gasteiger partial charge in [-0.25, -0.2) is 4.79 Å². The fourth-order valence-electron chi connectivity index (χ4n) is 2.79. The summed E-state index contributed by atoms with van der Waals surface area (Å²) in [6, 6.07) is -0.113. The Labute approximate surface area is 146 Å². The second kappa shape index (κ2) is 9.06. The number of urea groups is 1. The molecule has 24 heavy (non-hydrogen) atoms. The Morgan fingerprint density at radius 2 is 2.00 bits per heavy atom. The first kappa shape index (κ1) is 20.5. The Kier molecular flexibility index (Phi) is 7.73. The highest BCUT2D eigenvalue weighted by Gasteiger charge is 2.27. The van der Waals surface area contributed by atoms with E-state index in [9.17, 15) is 9.59 Å². The Hall–Kier alpha value is -1.56. The smallest absolute Gasteiger partial charge is 0.315 e. The van der Waals surface area contributed by atoms with E-state index in [4.69, 9.17) is 0 Å². The average molecular weight is 338 g/mol. The van der Waals surface area contributed by atoms with Gasteiger partial charge in [-0.3, -0.25) is 4.79 Å². The first-order chi connectivity index (χ1) is 11.1. The van der Waals surface area contributed by atoms with Crippen molar-refractivity contribution in [1.29, 1.82) is 0 Å². The van der Waals surface area contributed by atoms with Gasteiger partial charge in [0.05, 0.1) is 0 Å². The molecule has 0 aliphatic carbocycles. The van der Waals surface area contributed by atoms with E-state index in [1.165, 1.54) is 0 Å². The van der Waals surface area contributed by atoms with Crippen molar-refractivity contribution in [2.75, 3.05) is 33.7 Å². The molecule has 1 heterocycles. The number of nitrogens with zero attached hydrogens (tertiary/aromatic N) is 2. The van der Waals surface area contributed by atoms with E-state index >= 15 is 0 Å². The zero-order chi connectivity index (χ0) is 18.3. The van der Waals surface area contributed by atoms with Gasteiger partial charge in [-0.1, -0.05) is 6.08 Å². The van der Waals surface area contributed by atoms with E-state index in [0.717, 1.165) is 25.9 Å². The molecule has 0 bridgehead atoms. The summed E-state index contributed by atoms with van der Waals surface area (Å²) in [6.07, 6.45) is 5.56. The maximum Gasteiger partial charge on any atom is 0.315 e. The molecule has 1 rings (SSSR count). The quantitative estimate of drug-likeness (QED) is 0.752. The second-order valence-corrected chi connectivity index (χ2v) is 7.99. The molecule has 0 aromatic rings. The molecule has 6 nitrogen and oxygen atoms in total. The van der Waals surface area contributed by atoms with Gasteiger partial charge in [0.2, 0.25) is 5.91 Å². The summed E-state index contributed by atoms with van der Waals surface area (Å²) in [5.41, 5.74) is -0.254. The molecule has 2 atom stereocenters. The van der Waals surface area contributed by atoms with Gasteiger partial charge in [0.1, 0.15) is 0 Å². The molecule has 6 heteroatoms. The van der Waals surface area contributed by atoms with E-state index in [-0.39, 0.29) is 29.4 Å². The highest BCUT2D eigenvalue weighted by Crippen LogP contribution is 2.20. The van der Waals surface area contributed by atoms with Crippen LogP contribution in [0.5, 0.6) is 0 Å². The van der Waals surface area contributed by atoms with Gasteiger partial charge in [-0.05, 0) is 60.5 Å². The topological polar surface area (TPSA) is 64.7 Å². The highest BCUT2D eigenvalue weighted by molar-refractivity contribution is 5.87. The van der Waals surface area contributed by atoms with Crippen LogP contribution in [0.1, 0.15) is 40.5 Å². The van der Waals surface area contributed by atoms with E-state index in [2.05, 4.69) is 10.6 Å². The molecule has 0 spiro atoms. The molecule has 2 N–H and O–H groups in total. The van der Waals surface area contributed by atoms with Crippen molar-refractivity contribution < 1.29 is 9.59 Å². The standard InChI is InChI=1S/C18H34N4O2/c1-14(19-17(24)20-18(2,3)4)15-9-7-12-22(13-15)16(23)10-8-11-21(5)6/h8,10,14-15H,7,9,11-13H2,1-6H3,(H2,19,20,24)/b10-8+. The average Bonchev–Trinajstić information content (AvgIpc) is 2.44. The summed E-state index contributed by atoms with van der Waals surface area (Å²) < 4.78 is 0. The van der Waals surface area contributed by atoms with Crippen molar-refractivity contribution in [3.8, 4) is 0 Å². The molecule has 0 radical (unpaired) electrons. The number of hydrogen-bond acceptors (Lipinski definition) is 3. The van der Waals surface area contributed by atoms with Gasteiger partial charge in [0, 0.05) is 37.3 Å². The molecule has 2 unspecified atom stereocenters. The van der Waals surface area contributed by atoms with Gasteiger partial charge in [-0.2, -0.15) is 0 Å². The number of carbonyl (C=O) groups is 2. The zero-order valence-electron chi connectivity index (χ0n) is 16.1. The van der Waals surface area contributed by atoms with Crippen LogP contribution < -0.4 is 10.6 Å². The predicted octanol–water partition coefficient (Wildman–Crippen LogP) is 1.83. The van der Waals surface area contributed by atoms with Gasteiger partial charge in [0.25, 0.3) is 0 Å². The number of amides is 3. The Bertz CT molecular complexity index is 454. The lowest BCUT2D eigenvalue weighted by molar-refractivity contribution is -0.127. The van der Waals surface area contributed by atoms with E-state index in [1.807, 2.05) is 57.7 Å². The number of nitrogens with one attached hydrogen (secondary N) is 2. The Morgan fingerprint density at radius 3 is 2.58 bits per heavy atom. The third kappa shape index (κ3) is 7.81. The van der Waals surface area contributed by atoms with Crippen molar-refractivity contribution in [2.24, 2.45) is 5.92 Å². The molecule has 1 saturated heterocycles. The molecular formula is C18H34N4O2. The molecule has 0 aromatic heterocycles. The number of carbonyl (C=O) groups excluding carboxylic acids is 2. The minimum absolute atomic E-state index is 0.0358. The molecule has 1 fully saturated rings. The minimum atomic E-state index is -0.254. The summed E-state index contributed by atoms with van der Waals surface area (Å²) in [7, 11) is 3.95. The largest absolute Gasteiger partial charge is 0.339 e. The van der Waals surface area contributed by atoms with Crippen LogP contribution in [-0.4, -0.2) is 67.0 Å². The monoisotopic (exact) mass is 338 g/mol. The zero-order valence-corrected chi connectivity index (χ0v) is 16.1. The lowest BCUT2D eigenvalue weighted by atomic mass is 9.91. The molecule has 138 valence electrons. The molecule has 1 aliphatic rings. The maximum absolute atomic E-state index is 12.3.